The lowest BCUT2D eigenvalue weighted by atomic mass is 10.1. The predicted octanol–water partition coefficient (Wildman–Crippen LogP) is 0.205. The second kappa shape index (κ2) is 5.44. The molecule has 0 amide bonds. The van der Waals surface area contributed by atoms with Crippen molar-refractivity contribution in [2.45, 2.75) is 25.9 Å². The van der Waals surface area contributed by atoms with E-state index >= 15 is 0 Å². The van der Waals surface area contributed by atoms with Crippen molar-refractivity contribution >= 4 is 11.6 Å². The molecule has 1 atom stereocenters. The summed E-state index contributed by atoms with van der Waals surface area (Å²) in [6, 6.07) is 0. The molecular weight excluding hydrogens is 158 g/mol. The molecule has 0 radical (unpaired) electrons. The number of Topliss-reactive ketones (excluding diaryl/α,β-unsaturated/α-hetero) is 2. The zero-order valence-corrected chi connectivity index (χ0v) is 6.91. The molecule has 0 aromatic carbocycles. The molecule has 0 unspecified atom stereocenters. The Labute approximate surface area is 71.0 Å². The highest BCUT2D eigenvalue weighted by Gasteiger charge is 2.13. The summed E-state index contributed by atoms with van der Waals surface area (Å²) in [5, 5.41) is 8.99. The quantitative estimate of drug-likeness (QED) is 0.472. The van der Waals surface area contributed by atoms with E-state index in [1.807, 2.05) is 0 Å². The lowest BCUT2D eigenvalue weighted by Gasteiger charge is -2.00. The van der Waals surface area contributed by atoms with Crippen LogP contribution in [0.25, 0.3) is 4.85 Å². The van der Waals surface area contributed by atoms with E-state index in [4.69, 9.17) is 11.7 Å². The van der Waals surface area contributed by atoms with Gasteiger partial charge in [-0.25, -0.2) is 6.57 Å². The topological polar surface area (TPSA) is 58.7 Å². The van der Waals surface area contributed by atoms with Gasteiger partial charge in [-0.15, -0.1) is 0 Å². The molecule has 0 aliphatic rings. The molecule has 0 spiro atoms. The van der Waals surface area contributed by atoms with Crippen LogP contribution in [0.5, 0.6) is 0 Å². The number of nitrogens with zero attached hydrogens (tertiary/aromatic N) is 1. The molecule has 0 fully saturated rings. The molecular formula is C8H11NO3. The van der Waals surface area contributed by atoms with Gasteiger partial charge in [0.15, 0.2) is 0 Å². The van der Waals surface area contributed by atoms with Gasteiger partial charge in [-0.05, 0) is 6.92 Å². The van der Waals surface area contributed by atoms with Crippen molar-refractivity contribution in [2.24, 2.45) is 0 Å². The molecule has 0 aliphatic carbocycles. The number of carbonyl (C=O) groups is 2. The highest BCUT2D eigenvalue weighted by atomic mass is 16.3. The van der Waals surface area contributed by atoms with Crippen molar-refractivity contribution in [3.63, 3.8) is 0 Å². The zero-order chi connectivity index (χ0) is 9.56. The van der Waals surface area contributed by atoms with Gasteiger partial charge in [0.25, 0.3) is 0 Å². The van der Waals surface area contributed by atoms with E-state index in [1.165, 1.54) is 6.92 Å². The first-order valence-corrected chi connectivity index (χ1v) is 3.58. The monoisotopic (exact) mass is 169 g/mol. The lowest BCUT2D eigenvalue weighted by molar-refractivity contribution is -0.126. The highest BCUT2D eigenvalue weighted by Crippen LogP contribution is 1.97. The molecule has 4 heteroatoms. The van der Waals surface area contributed by atoms with Crippen molar-refractivity contribution in [1.82, 2.24) is 0 Å². The Bertz CT molecular complexity index is 217. The molecule has 4 nitrogen and oxygen atoms in total. The maximum absolute atomic E-state index is 10.9. The molecule has 0 saturated heterocycles. The van der Waals surface area contributed by atoms with Gasteiger partial charge in [0.05, 0.1) is 6.42 Å². The van der Waals surface area contributed by atoms with Crippen LogP contribution < -0.4 is 0 Å². The van der Waals surface area contributed by atoms with Crippen molar-refractivity contribution in [2.75, 3.05) is 6.54 Å². The summed E-state index contributed by atoms with van der Waals surface area (Å²) in [7, 11) is 0. The van der Waals surface area contributed by atoms with Gasteiger partial charge >= 0.3 is 0 Å². The summed E-state index contributed by atoms with van der Waals surface area (Å²) in [5.74, 6) is -0.520. The van der Waals surface area contributed by atoms with Gasteiger partial charge in [-0.3, -0.25) is 9.59 Å². The van der Waals surface area contributed by atoms with Crippen LogP contribution in [0.4, 0.5) is 0 Å². The normalized spacial score (nSPS) is 11.8. The van der Waals surface area contributed by atoms with Crippen LogP contribution in [0.1, 0.15) is 19.8 Å². The molecule has 0 saturated carbocycles. The van der Waals surface area contributed by atoms with E-state index in [9.17, 15) is 9.59 Å². The van der Waals surface area contributed by atoms with Gasteiger partial charge in [0.1, 0.15) is 17.7 Å². The summed E-state index contributed by atoms with van der Waals surface area (Å²) in [6.45, 7) is 7.64. The average molecular weight is 169 g/mol. The Morgan fingerprint density at radius 3 is 2.58 bits per heavy atom. The Hall–Kier alpha value is -1.21. The molecule has 1 N–H and O–H groups in total. The van der Waals surface area contributed by atoms with Crippen LogP contribution in [0.2, 0.25) is 0 Å². The van der Waals surface area contributed by atoms with Gasteiger partial charge in [0, 0.05) is 6.42 Å². The molecule has 0 aliphatic heterocycles. The second-order valence-corrected chi connectivity index (χ2v) is 2.62. The number of hydrogen-bond donors (Lipinski definition) is 1. The van der Waals surface area contributed by atoms with E-state index < -0.39 is 6.10 Å². The number of rotatable bonds is 5. The van der Waals surface area contributed by atoms with Crippen molar-refractivity contribution in [3.05, 3.63) is 11.4 Å². The fourth-order valence-corrected chi connectivity index (χ4v) is 0.783. The van der Waals surface area contributed by atoms with E-state index in [-0.39, 0.29) is 31.0 Å². The lowest BCUT2D eigenvalue weighted by Crippen LogP contribution is -2.17. The largest absolute Gasteiger partial charge is 0.385 e. The van der Waals surface area contributed by atoms with Gasteiger partial charge in [0.2, 0.25) is 6.54 Å². The van der Waals surface area contributed by atoms with Crippen LogP contribution in [0, 0.1) is 6.57 Å². The zero-order valence-electron chi connectivity index (χ0n) is 6.91. The molecule has 0 heterocycles. The van der Waals surface area contributed by atoms with Crippen molar-refractivity contribution < 1.29 is 14.7 Å². The maximum atomic E-state index is 10.9. The van der Waals surface area contributed by atoms with Gasteiger partial charge in [-0.2, -0.15) is 0 Å². The Morgan fingerprint density at radius 1 is 1.58 bits per heavy atom. The standard InChI is InChI=1S/C8H11NO3/c1-6(10)3-7(11)4-8(12)5-9-2/h8,12H,3-5H2,1H3/t8-/m0/s1. The third-order valence-corrected chi connectivity index (χ3v) is 1.21. The Kier molecular flexibility index (Phi) is 4.89. The third-order valence-electron chi connectivity index (χ3n) is 1.21. The fourth-order valence-electron chi connectivity index (χ4n) is 0.783. The van der Waals surface area contributed by atoms with Gasteiger partial charge < -0.3 is 9.95 Å². The minimum atomic E-state index is -0.922. The van der Waals surface area contributed by atoms with Crippen LogP contribution in [-0.4, -0.2) is 29.3 Å². The third kappa shape index (κ3) is 5.57. The van der Waals surface area contributed by atoms with E-state index in [0.717, 1.165) is 0 Å². The van der Waals surface area contributed by atoms with Crippen LogP contribution >= 0.6 is 0 Å². The summed E-state index contributed by atoms with van der Waals surface area (Å²) in [5.41, 5.74) is 0. The first-order chi connectivity index (χ1) is 5.56. The second-order valence-electron chi connectivity index (χ2n) is 2.62. The smallest absolute Gasteiger partial charge is 0.240 e. The summed E-state index contributed by atoms with van der Waals surface area (Å²) < 4.78 is 0. The SMILES string of the molecule is [C-]#[N+]C[C@@H](O)CC(=O)CC(C)=O. The minimum absolute atomic E-state index is 0.0797. The molecule has 12 heavy (non-hydrogen) atoms. The van der Waals surface area contributed by atoms with Crippen molar-refractivity contribution in [3.8, 4) is 0 Å². The first kappa shape index (κ1) is 10.8. The number of aliphatic hydroxyl groups is 1. The van der Waals surface area contributed by atoms with E-state index in [2.05, 4.69) is 4.85 Å². The number of ketones is 2. The summed E-state index contributed by atoms with van der Waals surface area (Å²) in [6.07, 6.45) is -1.16. The van der Waals surface area contributed by atoms with Crippen LogP contribution in [0.3, 0.4) is 0 Å². The summed E-state index contributed by atoms with van der Waals surface area (Å²) in [4.78, 5) is 24.2. The van der Waals surface area contributed by atoms with E-state index in [1.54, 1.807) is 0 Å². The Morgan fingerprint density at radius 2 is 2.17 bits per heavy atom. The number of aliphatic hydroxyl groups excluding tert-OH is 1. The highest BCUT2D eigenvalue weighted by molar-refractivity contribution is 5.98. The molecule has 0 aromatic rings. The molecule has 66 valence electrons. The first-order valence-electron chi connectivity index (χ1n) is 3.58. The molecule has 0 rings (SSSR count). The van der Waals surface area contributed by atoms with Gasteiger partial charge in [-0.1, -0.05) is 0 Å². The van der Waals surface area contributed by atoms with Crippen LogP contribution in [-0.2, 0) is 9.59 Å². The van der Waals surface area contributed by atoms with Crippen molar-refractivity contribution in [1.29, 1.82) is 0 Å². The molecule has 0 bridgehead atoms. The fraction of sp³-hybridized carbons (Fsp3) is 0.625. The minimum Gasteiger partial charge on any atom is -0.385 e. The number of hydrogen-bond acceptors (Lipinski definition) is 3. The Balaban J connectivity index is 3.70. The molecule has 0 aromatic heterocycles. The predicted molar refractivity (Wildman–Crippen MR) is 42.4 cm³/mol. The number of carbonyl (C=O) groups excluding carboxylic acids is 2. The van der Waals surface area contributed by atoms with Crippen LogP contribution in [0.15, 0.2) is 0 Å². The maximum Gasteiger partial charge on any atom is 0.240 e. The van der Waals surface area contributed by atoms with E-state index in [0.29, 0.717) is 0 Å². The average Bonchev–Trinajstić information content (AvgIpc) is 1.84. The summed E-state index contributed by atoms with van der Waals surface area (Å²) >= 11 is 0.